The van der Waals surface area contributed by atoms with E-state index < -0.39 is 26.7 Å². The van der Waals surface area contributed by atoms with Crippen molar-refractivity contribution in [2.24, 2.45) is 0 Å². The lowest BCUT2D eigenvalue weighted by Crippen LogP contribution is -2.16. The van der Waals surface area contributed by atoms with Gasteiger partial charge in [-0.3, -0.25) is 9.71 Å². The van der Waals surface area contributed by atoms with Gasteiger partial charge < -0.3 is 4.74 Å². The first-order chi connectivity index (χ1) is 12.1. The Hall–Kier alpha value is -2.81. The van der Waals surface area contributed by atoms with E-state index in [1.165, 1.54) is 24.4 Å². The van der Waals surface area contributed by atoms with Gasteiger partial charge in [0, 0.05) is 5.56 Å². The molecular weight excluding hydrogens is 369 g/mol. The number of anilines is 1. The van der Waals surface area contributed by atoms with E-state index in [0.717, 1.165) is 19.2 Å². The Bertz CT molecular complexity index is 954. The summed E-state index contributed by atoms with van der Waals surface area (Å²) in [7, 11) is -3.19. The fourth-order valence-electron chi connectivity index (χ4n) is 2.16. The van der Waals surface area contributed by atoms with E-state index in [-0.39, 0.29) is 11.4 Å². The van der Waals surface area contributed by atoms with Crippen molar-refractivity contribution in [3.63, 3.8) is 0 Å². The van der Waals surface area contributed by atoms with Crippen LogP contribution in [0.4, 0.5) is 18.9 Å². The predicted molar refractivity (Wildman–Crippen MR) is 93.2 cm³/mol. The summed E-state index contributed by atoms with van der Waals surface area (Å²) in [5, 5.41) is 0. The molecular formula is C17H15F3N2O3S. The summed E-state index contributed by atoms with van der Waals surface area (Å²) in [6, 6.07) is 3.65. The maximum absolute atomic E-state index is 12.9. The minimum absolute atomic E-state index is 0.0602. The Morgan fingerprint density at radius 1 is 1.19 bits per heavy atom. The fraction of sp³-hybridized carbons (Fsp3) is 0.118. The van der Waals surface area contributed by atoms with Crippen LogP contribution in [0.2, 0.25) is 0 Å². The first-order valence-electron chi connectivity index (χ1n) is 7.15. The van der Waals surface area contributed by atoms with Gasteiger partial charge in [0.05, 0.1) is 30.3 Å². The quantitative estimate of drug-likeness (QED) is 0.811. The summed E-state index contributed by atoms with van der Waals surface area (Å²) in [5.74, 6) is -0.217. The predicted octanol–water partition coefficient (Wildman–Crippen LogP) is 4.20. The zero-order valence-corrected chi connectivity index (χ0v) is 14.5. The lowest BCUT2D eigenvalue weighted by Gasteiger charge is -2.14. The summed E-state index contributed by atoms with van der Waals surface area (Å²) in [6.07, 6.45) is -0.556. The molecule has 0 unspecified atom stereocenters. The van der Waals surface area contributed by atoms with Gasteiger partial charge >= 0.3 is 6.18 Å². The van der Waals surface area contributed by atoms with E-state index in [1.54, 1.807) is 0 Å². The molecule has 0 amide bonds. The SMILES string of the molecule is C=Cc1cc(NS(=O)(=O)c2cc(C(F)(F)F)ccc2OC)cnc1C=C. The molecule has 0 saturated carbocycles. The Labute approximate surface area is 148 Å². The molecule has 5 nitrogen and oxygen atoms in total. The van der Waals surface area contributed by atoms with E-state index in [2.05, 4.69) is 22.9 Å². The second kappa shape index (κ2) is 7.20. The van der Waals surface area contributed by atoms with Crippen molar-refractivity contribution in [1.82, 2.24) is 4.98 Å². The van der Waals surface area contributed by atoms with Gasteiger partial charge in [-0.1, -0.05) is 19.2 Å². The number of rotatable bonds is 6. The van der Waals surface area contributed by atoms with Crippen molar-refractivity contribution in [3.05, 3.63) is 60.4 Å². The molecule has 2 aromatic rings. The number of sulfonamides is 1. The third-order valence-corrected chi connectivity index (χ3v) is 4.80. The summed E-state index contributed by atoms with van der Waals surface area (Å²) < 4.78 is 71.0. The molecule has 0 aliphatic rings. The number of halogens is 3. The van der Waals surface area contributed by atoms with Crippen LogP contribution in [0.1, 0.15) is 16.8 Å². The lowest BCUT2D eigenvalue weighted by atomic mass is 10.2. The van der Waals surface area contributed by atoms with E-state index in [9.17, 15) is 21.6 Å². The maximum atomic E-state index is 12.9. The topological polar surface area (TPSA) is 68.3 Å². The summed E-state index contributed by atoms with van der Waals surface area (Å²) >= 11 is 0. The molecule has 0 spiro atoms. The molecule has 1 N–H and O–H groups in total. The van der Waals surface area contributed by atoms with Crippen molar-refractivity contribution in [2.75, 3.05) is 11.8 Å². The first kappa shape index (κ1) is 19.5. The molecule has 26 heavy (non-hydrogen) atoms. The second-order valence-electron chi connectivity index (χ2n) is 5.08. The van der Waals surface area contributed by atoms with Crippen LogP contribution in [0.3, 0.4) is 0 Å². The van der Waals surface area contributed by atoms with Crippen LogP contribution in [0.15, 0.2) is 48.5 Å². The minimum atomic E-state index is -4.69. The molecule has 0 aliphatic carbocycles. The largest absolute Gasteiger partial charge is 0.495 e. The number of hydrogen-bond acceptors (Lipinski definition) is 4. The van der Waals surface area contributed by atoms with Crippen molar-refractivity contribution >= 4 is 27.9 Å². The number of benzene rings is 1. The monoisotopic (exact) mass is 384 g/mol. The highest BCUT2D eigenvalue weighted by molar-refractivity contribution is 7.92. The summed E-state index contributed by atoms with van der Waals surface area (Å²) in [6.45, 7) is 7.17. The average molecular weight is 384 g/mol. The number of nitrogens with zero attached hydrogens (tertiary/aromatic N) is 1. The maximum Gasteiger partial charge on any atom is 0.416 e. The molecule has 0 saturated heterocycles. The highest BCUT2D eigenvalue weighted by Gasteiger charge is 2.33. The highest BCUT2D eigenvalue weighted by Crippen LogP contribution is 2.35. The van der Waals surface area contributed by atoms with E-state index in [0.29, 0.717) is 17.3 Å². The molecule has 0 bridgehead atoms. The van der Waals surface area contributed by atoms with Gasteiger partial charge in [0.2, 0.25) is 0 Å². The van der Waals surface area contributed by atoms with Gasteiger partial charge in [-0.25, -0.2) is 8.42 Å². The van der Waals surface area contributed by atoms with Crippen LogP contribution >= 0.6 is 0 Å². The number of pyridine rings is 1. The number of nitrogens with one attached hydrogen (secondary N) is 1. The van der Waals surface area contributed by atoms with Gasteiger partial charge in [-0.15, -0.1) is 0 Å². The van der Waals surface area contributed by atoms with E-state index in [1.807, 2.05) is 0 Å². The molecule has 0 aliphatic heterocycles. The van der Waals surface area contributed by atoms with Gasteiger partial charge in [0.25, 0.3) is 10.0 Å². The zero-order chi connectivity index (χ0) is 19.5. The standard InChI is InChI=1S/C17H15F3N2O3S/c1-4-11-8-13(10-21-14(11)5-2)22-26(23,24)16-9-12(17(18,19)20)6-7-15(16)25-3/h4-10,22H,1-2H2,3H3. The number of aromatic nitrogens is 1. The van der Waals surface area contributed by atoms with E-state index in [4.69, 9.17) is 4.74 Å². The minimum Gasteiger partial charge on any atom is -0.495 e. The summed E-state index contributed by atoms with van der Waals surface area (Å²) in [5.41, 5.74) is -0.0497. The normalized spacial score (nSPS) is 11.7. The Morgan fingerprint density at radius 2 is 1.88 bits per heavy atom. The molecule has 1 aromatic carbocycles. The van der Waals surface area contributed by atoms with Crippen LogP contribution in [0, 0.1) is 0 Å². The Balaban J connectivity index is 2.50. The molecule has 138 valence electrons. The Kier molecular flexibility index (Phi) is 5.41. The number of hydrogen-bond donors (Lipinski definition) is 1. The number of methoxy groups -OCH3 is 1. The van der Waals surface area contributed by atoms with E-state index >= 15 is 0 Å². The molecule has 2 rings (SSSR count). The molecule has 1 heterocycles. The van der Waals surface area contributed by atoms with Gasteiger partial charge in [0.1, 0.15) is 10.6 Å². The van der Waals surface area contributed by atoms with Crippen LogP contribution in [0.5, 0.6) is 5.75 Å². The van der Waals surface area contributed by atoms with Gasteiger partial charge in [0.15, 0.2) is 0 Å². The van der Waals surface area contributed by atoms with Crippen LogP contribution in [0.25, 0.3) is 12.2 Å². The smallest absolute Gasteiger partial charge is 0.416 e. The fourth-order valence-corrected chi connectivity index (χ4v) is 3.39. The van der Waals surface area contributed by atoms with Crippen LogP contribution < -0.4 is 9.46 Å². The van der Waals surface area contributed by atoms with Crippen molar-refractivity contribution < 1.29 is 26.3 Å². The van der Waals surface area contributed by atoms with Gasteiger partial charge in [-0.2, -0.15) is 13.2 Å². The second-order valence-corrected chi connectivity index (χ2v) is 6.73. The van der Waals surface area contributed by atoms with Crippen LogP contribution in [-0.4, -0.2) is 20.5 Å². The Morgan fingerprint density at radius 3 is 2.42 bits per heavy atom. The highest BCUT2D eigenvalue weighted by atomic mass is 32.2. The van der Waals surface area contributed by atoms with Crippen molar-refractivity contribution in [2.45, 2.75) is 11.1 Å². The van der Waals surface area contributed by atoms with Crippen LogP contribution in [-0.2, 0) is 16.2 Å². The average Bonchev–Trinajstić information content (AvgIpc) is 2.59. The molecule has 0 fully saturated rings. The molecule has 9 heteroatoms. The third-order valence-electron chi connectivity index (χ3n) is 3.40. The molecule has 0 atom stereocenters. The molecule has 1 aromatic heterocycles. The zero-order valence-electron chi connectivity index (χ0n) is 13.7. The van der Waals surface area contributed by atoms with Gasteiger partial charge in [-0.05, 0) is 30.3 Å². The lowest BCUT2D eigenvalue weighted by molar-refractivity contribution is -0.137. The van der Waals surface area contributed by atoms with Crippen molar-refractivity contribution in [1.29, 1.82) is 0 Å². The summed E-state index contributed by atoms with van der Waals surface area (Å²) in [4.78, 5) is 3.38. The van der Waals surface area contributed by atoms with Crippen molar-refractivity contribution in [3.8, 4) is 5.75 Å². The first-order valence-corrected chi connectivity index (χ1v) is 8.63. The number of alkyl halides is 3. The third kappa shape index (κ3) is 4.05. The molecule has 0 radical (unpaired) electrons. The number of ether oxygens (including phenoxy) is 1.